The molecule has 0 spiro atoms. The molecule has 1 aromatic carbocycles. The molecule has 1 aromatic rings. The van der Waals surface area contributed by atoms with Crippen molar-refractivity contribution in [1.29, 1.82) is 0 Å². The Morgan fingerprint density at radius 2 is 2.24 bits per heavy atom. The van der Waals surface area contributed by atoms with Crippen molar-refractivity contribution in [3.63, 3.8) is 0 Å². The molecule has 1 amide bonds. The number of amides is 1. The van der Waals surface area contributed by atoms with Gasteiger partial charge in [0.05, 0.1) is 18.8 Å². The van der Waals surface area contributed by atoms with E-state index in [-0.39, 0.29) is 12.5 Å². The molecule has 0 aliphatic rings. The summed E-state index contributed by atoms with van der Waals surface area (Å²) < 4.78 is 5.53. The summed E-state index contributed by atoms with van der Waals surface area (Å²) in [4.78, 5) is 11.5. The number of nitrogens with one attached hydrogen (secondary N) is 2. The third-order valence-electron chi connectivity index (χ3n) is 2.01. The van der Waals surface area contributed by atoms with Gasteiger partial charge in [-0.05, 0) is 31.7 Å². The Balaban J connectivity index is 2.79. The van der Waals surface area contributed by atoms with E-state index in [1.807, 2.05) is 6.92 Å². The van der Waals surface area contributed by atoms with Crippen LogP contribution in [-0.2, 0) is 4.79 Å². The Kier molecular flexibility index (Phi) is 5.80. The molecule has 0 heterocycles. The number of hydrogen-bond donors (Lipinski definition) is 2. The Morgan fingerprint density at radius 3 is 2.88 bits per heavy atom. The second-order valence-electron chi connectivity index (χ2n) is 3.57. The van der Waals surface area contributed by atoms with E-state index >= 15 is 0 Å². The maximum atomic E-state index is 11.5. The zero-order chi connectivity index (χ0) is 12.7. The largest absolute Gasteiger partial charge is 0.491 e. The highest BCUT2D eigenvalue weighted by atomic mass is 35.5. The van der Waals surface area contributed by atoms with E-state index in [2.05, 4.69) is 10.6 Å². The standard InChI is InChI=1S/C12H17ClN2O2/c1-3-6-17-11-5-4-9(13)7-10(11)15-12(16)8-14-2/h4-5,7,14H,3,6,8H2,1-2H3,(H,15,16). The van der Waals surface area contributed by atoms with Crippen LogP contribution in [0, 0.1) is 0 Å². The van der Waals surface area contributed by atoms with Gasteiger partial charge in [0.15, 0.2) is 0 Å². The molecule has 1 rings (SSSR count). The van der Waals surface area contributed by atoms with Crippen LogP contribution >= 0.6 is 11.6 Å². The lowest BCUT2D eigenvalue weighted by Crippen LogP contribution is -2.25. The molecule has 0 fully saturated rings. The van der Waals surface area contributed by atoms with Gasteiger partial charge in [-0.15, -0.1) is 0 Å². The summed E-state index contributed by atoms with van der Waals surface area (Å²) in [5.74, 6) is 0.511. The van der Waals surface area contributed by atoms with Crippen LogP contribution in [-0.4, -0.2) is 26.1 Å². The average molecular weight is 257 g/mol. The minimum Gasteiger partial charge on any atom is -0.491 e. The lowest BCUT2D eigenvalue weighted by molar-refractivity contribution is -0.115. The minimum absolute atomic E-state index is 0.129. The highest BCUT2D eigenvalue weighted by Crippen LogP contribution is 2.28. The van der Waals surface area contributed by atoms with Gasteiger partial charge in [0.25, 0.3) is 0 Å². The smallest absolute Gasteiger partial charge is 0.238 e. The quantitative estimate of drug-likeness (QED) is 0.821. The van der Waals surface area contributed by atoms with Gasteiger partial charge in [0.2, 0.25) is 5.91 Å². The third-order valence-corrected chi connectivity index (χ3v) is 2.25. The summed E-state index contributed by atoms with van der Waals surface area (Å²) in [5.41, 5.74) is 0.603. The molecule has 0 saturated heterocycles. The van der Waals surface area contributed by atoms with Crippen LogP contribution in [0.2, 0.25) is 5.02 Å². The van der Waals surface area contributed by atoms with Crippen LogP contribution in [0.3, 0.4) is 0 Å². The number of rotatable bonds is 6. The molecule has 0 unspecified atom stereocenters. The molecule has 0 aromatic heterocycles. The Hall–Kier alpha value is -1.26. The molecule has 0 bridgehead atoms. The molecule has 0 aliphatic heterocycles. The van der Waals surface area contributed by atoms with Gasteiger partial charge in [0.1, 0.15) is 5.75 Å². The van der Waals surface area contributed by atoms with Crippen molar-refractivity contribution in [1.82, 2.24) is 5.32 Å². The zero-order valence-corrected chi connectivity index (χ0v) is 10.8. The zero-order valence-electron chi connectivity index (χ0n) is 10.0. The SMILES string of the molecule is CCCOc1ccc(Cl)cc1NC(=O)CNC. The van der Waals surface area contributed by atoms with E-state index in [9.17, 15) is 4.79 Å². The molecule has 0 radical (unpaired) electrons. The normalized spacial score (nSPS) is 10.1. The maximum absolute atomic E-state index is 11.5. The van der Waals surface area contributed by atoms with Crippen LogP contribution in [0.5, 0.6) is 5.75 Å². The van der Waals surface area contributed by atoms with Crippen LogP contribution in [0.1, 0.15) is 13.3 Å². The van der Waals surface area contributed by atoms with Crippen LogP contribution in [0.25, 0.3) is 0 Å². The van der Waals surface area contributed by atoms with E-state index in [0.29, 0.717) is 23.1 Å². The number of carbonyl (C=O) groups is 1. The molecule has 4 nitrogen and oxygen atoms in total. The summed E-state index contributed by atoms with van der Waals surface area (Å²) in [6.45, 7) is 2.88. The fraction of sp³-hybridized carbons (Fsp3) is 0.417. The van der Waals surface area contributed by atoms with Gasteiger partial charge in [-0.3, -0.25) is 4.79 Å². The molecule has 17 heavy (non-hydrogen) atoms. The monoisotopic (exact) mass is 256 g/mol. The molecule has 0 aliphatic carbocycles. The lowest BCUT2D eigenvalue weighted by atomic mass is 10.3. The first kappa shape index (κ1) is 13.8. The predicted octanol–water partition coefficient (Wildman–Crippen LogP) is 2.29. The first-order chi connectivity index (χ1) is 8.17. The van der Waals surface area contributed by atoms with Crippen molar-refractivity contribution in [2.45, 2.75) is 13.3 Å². The maximum Gasteiger partial charge on any atom is 0.238 e. The van der Waals surface area contributed by atoms with Crippen molar-refractivity contribution in [3.05, 3.63) is 23.2 Å². The van der Waals surface area contributed by atoms with Gasteiger partial charge in [-0.25, -0.2) is 0 Å². The van der Waals surface area contributed by atoms with Gasteiger partial charge >= 0.3 is 0 Å². The summed E-state index contributed by atoms with van der Waals surface area (Å²) in [6.07, 6.45) is 0.909. The number of anilines is 1. The number of likely N-dealkylation sites (N-methyl/N-ethyl adjacent to an activating group) is 1. The van der Waals surface area contributed by atoms with Crippen molar-refractivity contribution in [2.75, 3.05) is 25.5 Å². The van der Waals surface area contributed by atoms with Crippen molar-refractivity contribution < 1.29 is 9.53 Å². The Bertz CT molecular complexity index is 383. The van der Waals surface area contributed by atoms with Crippen molar-refractivity contribution in [3.8, 4) is 5.75 Å². The number of ether oxygens (including phenoxy) is 1. The summed E-state index contributed by atoms with van der Waals surface area (Å²) in [6, 6.07) is 5.17. The number of halogens is 1. The second-order valence-corrected chi connectivity index (χ2v) is 4.00. The molecular weight excluding hydrogens is 240 g/mol. The molecule has 5 heteroatoms. The van der Waals surface area contributed by atoms with E-state index in [0.717, 1.165) is 6.42 Å². The van der Waals surface area contributed by atoms with Crippen LogP contribution in [0.4, 0.5) is 5.69 Å². The molecular formula is C12H17ClN2O2. The highest BCUT2D eigenvalue weighted by molar-refractivity contribution is 6.31. The Labute approximate surface area is 106 Å². The van der Waals surface area contributed by atoms with Crippen molar-refractivity contribution >= 4 is 23.2 Å². The average Bonchev–Trinajstić information content (AvgIpc) is 2.28. The minimum atomic E-state index is -0.129. The summed E-state index contributed by atoms with van der Waals surface area (Å²) in [5, 5.41) is 6.09. The molecule has 94 valence electrons. The summed E-state index contributed by atoms with van der Waals surface area (Å²) >= 11 is 5.89. The highest BCUT2D eigenvalue weighted by Gasteiger charge is 2.08. The van der Waals surface area contributed by atoms with E-state index < -0.39 is 0 Å². The van der Waals surface area contributed by atoms with Crippen LogP contribution < -0.4 is 15.4 Å². The van der Waals surface area contributed by atoms with Gasteiger partial charge in [-0.1, -0.05) is 18.5 Å². The van der Waals surface area contributed by atoms with E-state index in [4.69, 9.17) is 16.3 Å². The van der Waals surface area contributed by atoms with E-state index in [1.165, 1.54) is 0 Å². The first-order valence-electron chi connectivity index (χ1n) is 5.54. The first-order valence-corrected chi connectivity index (χ1v) is 5.92. The molecule has 0 saturated carbocycles. The third kappa shape index (κ3) is 4.63. The number of benzene rings is 1. The van der Waals surface area contributed by atoms with Gasteiger partial charge in [0, 0.05) is 5.02 Å². The van der Waals surface area contributed by atoms with Crippen molar-refractivity contribution in [2.24, 2.45) is 0 Å². The molecule has 2 N–H and O–H groups in total. The predicted molar refractivity (Wildman–Crippen MR) is 69.8 cm³/mol. The Morgan fingerprint density at radius 1 is 1.47 bits per heavy atom. The fourth-order valence-corrected chi connectivity index (χ4v) is 1.46. The number of hydrogen-bond acceptors (Lipinski definition) is 3. The van der Waals surface area contributed by atoms with Gasteiger partial charge in [-0.2, -0.15) is 0 Å². The van der Waals surface area contributed by atoms with Gasteiger partial charge < -0.3 is 15.4 Å². The number of carbonyl (C=O) groups excluding carboxylic acids is 1. The topological polar surface area (TPSA) is 50.4 Å². The van der Waals surface area contributed by atoms with E-state index in [1.54, 1.807) is 25.2 Å². The fourth-order valence-electron chi connectivity index (χ4n) is 1.29. The lowest BCUT2D eigenvalue weighted by Gasteiger charge is -2.12. The summed E-state index contributed by atoms with van der Waals surface area (Å²) in [7, 11) is 1.71. The molecule has 0 atom stereocenters. The van der Waals surface area contributed by atoms with Crippen LogP contribution in [0.15, 0.2) is 18.2 Å². The second kappa shape index (κ2) is 7.14.